The molecular weight excluding hydrogens is 338 g/mol. The maximum atomic E-state index is 6.20. The largest absolute Gasteiger partial charge is 0.490 e. The van der Waals surface area contributed by atoms with Crippen LogP contribution in [0, 0.1) is 5.92 Å². The Morgan fingerprint density at radius 3 is 2.85 bits per heavy atom. The van der Waals surface area contributed by atoms with Gasteiger partial charge in [0.2, 0.25) is 0 Å². The maximum absolute atomic E-state index is 6.20. The van der Waals surface area contributed by atoms with Crippen molar-refractivity contribution in [2.24, 2.45) is 10.9 Å². The van der Waals surface area contributed by atoms with Gasteiger partial charge >= 0.3 is 0 Å². The molecule has 0 bridgehead atoms. The van der Waals surface area contributed by atoms with Gasteiger partial charge in [0.25, 0.3) is 0 Å². The standard InChI is InChI=1S/C22H35N3O2/c1-3-26-17-19-12-13-25(16-19)22(23-2)24-15-18-8-7-11-21(14-18)27-20-9-5-4-6-10-20/h7-8,11,14,19-20H,3-6,9-10,12-13,15-17H2,1-2H3,(H,23,24). The Balaban J connectivity index is 1.49. The van der Waals surface area contributed by atoms with Crippen LogP contribution < -0.4 is 10.1 Å². The Hall–Kier alpha value is -1.75. The lowest BCUT2D eigenvalue weighted by molar-refractivity contribution is 0.114. The first-order chi connectivity index (χ1) is 13.3. The van der Waals surface area contributed by atoms with Gasteiger partial charge in [-0.05, 0) is 56.7 Å². The maximum Gasteiger partial charge on any atom is 0.193 e. The summed E-state index contributed by atoms with van der Waals surface area (Å²) in [5.74, 6) is 2.58. The van der Waals surface area contributed by atoms with Crippen molar-refractivity contribution < 1.29 is 9.47 Å². The molecular formula is C22H35N3O2. The highest BCUT2D eigenvalue weighted by atomic mass is 16.5. The Bertz CT molecular complexity index is 599. The third-order valence-corrected chi connectivity index (χ3v) is 5.56. The molecule has 1 atom stereocenters. The van der Waals surface area contributed by atoms with E-state index in [1.165, 1.54) is 44.1 Å². The lowest BCUT2D eigenvalue weighted by Crippen LogP contribution is -2.39. The van der Waals surface area contributed by atoms with Gasteiger partial charge in [-0.3, -0.25) is 4.99 Å². The fourth-order valence-corrected chi connectivity index (χ4v) is 4.06. The SMILES string of the molecule is CCOCC1CCN(C(=NC)NCc2cccc(OC3CCCCC3)c2)C1. The molecule has 0 radical (unpaired) electrons. The summed E-state index contributed by atoms with van der Waals surface area (Å²) in [6, 6.07) is 8.48. The van der Waals surface area contributed by atoms with Crippen molar-refractivity contribution in [2.45, 2.75) is 58.1 Å². The van der Waals surface area contributed by atoms with Gasteiger partial charge in [-0.25, -0.2) is 0 Å². The third-order valence-electron chi connectivity index (χ3n) is 5.56. The number of benzene rings is 1. The number of hydrogen-bond donors (Lipinski definition) is 1. The van der Waals surface area contributed by atoms with Crippen LogP contribution in [0.2, 0.25) is 0 Å². The van der Waals surface area contributed by atoms with E-state index in [9.17, 15) is 0 Å². The Morgan fingerprint density at radius 2 is 2.07 bits per heavy atom. The summed E-state index contributed by atoms with van der Waals surface area (Å²) in [7, 11) is 1.86. The van der Waals surface area contributed by atoms with Crippen molar-refractivity contribution in [2.75, 3.05) is 33.4 Å². The predicted molar refractivity (Wildman–Crippen MR) is 110 cm³/mol. The molecule has 27 heavy (non-hydrogen) atoms. The summed E-state index contributed by atoms with van der Waals surface area (Å²) < 4.78 is 11.8. The summed E-state index contributed by atoms with van der Waals surface area (Å²) in [5, 5.41) is 3.51. The van der Waals surface area contributed by atoms with Gasteiger partial charge in [0.15, 0.2) is 5.96 Å². The van der Waals surface area contributed by atoms with Crippen LogP contribution in [0.3, 0.4) is 0 Å². The van der Waals surface area contributed by atoms with Crippen LogP contribution in [0.4, 0.5) is 0 Å². The summed E-state index contributed by atoms with van der Waals surface area (Å²) in [6.07, 6.45) is 7.88. The van der Waals surface area contributed by atoms with E-state index >= 15 is 0 Å². The fourth-order valence-electron chi connectivity index (χ4n) is 4.06. The number of guanidine groups is 1. The zero-order chi connectivity index (χ0) is 18.9. The van der Waals surface area contributed by atoms with Crippen LogP contribution in [-0.4, -0.2) is 50.3 Å². The van der Waals surface area contributed by atoms with Crippen LogP contribution in [0.25, 0.3) is 0 Å². The van der Waals surface area contributed by atoms with Gasteiger partial charge < -0.3 is 19.7 Å². The number of rotatable bonds is 7. The highest BCUT2D eigenvalue weighted by Gasteiger charge is 2.24. The minimum Gasteiger partial charge on any atom is -0.490 e. The number of nitrogens with one attached hydrogen (secondary N) is 1. The van der Waals surface area contributed by atoms with E-state index in [2.05, 4.69) is 46.4 Å². The molecule has 1 saturated carbocycles. The molecule has 2 aliphatic rings. The Morgan fingerprint density at radius 1 is 1.22 bits per heavy atom. The summed E-state index contributed by atoms with van der Waals surface area (Å²) >= 11 is 0. The number of hydrogen-bond acceptors (Lipinski definition) is 3. The van der Waals surface area contributed by atoms with Gasteiger partial charge in [-0.15, -0.1) is 0 Å². The van der Waals surface area contributed by atoms with Crippen molar-refractivity contribution in [3.63, 3.8) is 0 Å². The smallest absolute Gasteiger partial charge is 0.193 e. The first-order valence-corrected chi connectivity index (χ1v) is 10.6. The van der Waals surface area contributed by atoms with E-state index < -0.39 is 0 Å². The highest BCUT2D eigenvalue weighted by molar-refractivity contribution is 5.80. The molecule has 1 N–H and O–H groups in total. The molecule has 0 amide bonds. The molecule has 150 valence electrons. The van der Waals surface area contributed by atoms with E-state index in [0.29, 0.717) is 12.0 Å². The topological polar surface area (TPSA) is 46.1 Å². The lowest BCUT2D eigenvalue weighted by Gasteiger charge is -2.24. The Labute approximate surface area is 164 Å². The molecule has 3 rings (SSSR count). The molecule has 5 heteroatoms. The number of nitrogens with zero attached hydrogens (tertiary/aromatic N) is 2. The van der Waals surface area contributed by atoms with Gasteiger partial charge in [-0.1, -0.05) is 18.6 Å². The van der Waals surface area contributed by atoms with E-state index in [0.717, 1.165) is 44.6 Å². The van der Waals surface area contributed by atoms with Gasteiger partial charge in [0, 0.05) is 39.2 Å². The molecule has 5 nitrogen and oxygen atoms in total. The van der Waals surface area contributed by atoms with Crippen molar-refractivity contribution in [3.05, 3.63) is 29.8 Å². The van der Waals surface area contributed by atoms with Crippen molar-refractivity contribution in [1.29, 1.82) is 0 Å². The fraction of sp³-hybridized carbons (Fsp3) is 0.682. The molecule has 1 unspecified atom stereocenters. The highest BCUT2D eigenvalue weighted by Crippen LogP contribution is 2.24. The molecule has 1 heterocycles. The molecule has 0 spiro atoms. The van der Waals surface area contributed by atoms with E-state index in [4.69, 9.17) is 9.47 Å². The normalized spacial score (nSPS) is 21.5. The second kappa shape index (κ2) is 10.5. The molecule has 1 saturated heterocycles. The molecule has 1 aliphatic carbocycles. The van der Waals surface area contributed by atoms with Crippen LogP contribution in [-0.2, 0) is 11.3 Å². The number of likely N-dealkylation sites (tertiary alicyclic amines) is 1. The quantitative estimate of drug-likeness (QED) is 0.583. The van der Waals surface area contributed by atoms with Crippen LogP contribution in [0.15, 0.2) is 29.3 Å². The van der Waals surface area contributed by atoms with Gasteiger partial charge in [0.05, 0.1) is 12.7 Å². The lowest BCUT2D eigenvalue weighted by atomic mass is 9.98. The van der Waals surface area contributed by atoms with Crippen LogP contribution in [0.5, 0.6) is 5.75 Å². The second-order valence-electron chi connectivity index (χ2n) is 7.69. The second-order valence-corrected chi connectivity index (χ2v) is 7.69. The summed E-state index contributed by atoms with van der Waals surface area (Å²) in [6.45, 7) is 6.53. The molecule has 1 aromatic rings. The van der Waals surface area contributed by atoms with E-state index in [1.54, 1.807) is 0 Å². The van der Waals surface area contributed by atoms with Crippen LogP contribution >= 0.6 is 0 Å². The molecule has 1 aliphatic heterocycles. The number of aliphatic imine (C=N–C) groups is 1. The Kier molecular flexibility index (Phi) is 7.81. The average Bonchev–Trinajstić information content (AvgIpc) is 3.17. The summed E-state index contributed by atoms with van der Waals surface area (Å²) in [5.41, 5.74) is 1.23. The molecule has 1 aromatic carbocycles. The predicted octanol–water partition coefficient (Wildman–Crippen LogP) is 3.83. The minimum atomic E-state index is 0.390. The third kappa shape index (κ3) is 6.13. The van der Waals surface area contributed by atoms with E-state index in [1.807, 2.05) is 7.05 Å². The first kappa shape index (κ1) is 20.0. The number of ether oxygens (including phenoxy) is 2. The van der Waals surface area contributed by atoms with Crippen molar-refractivity contribution in [3.8, 4) is 5.75 Å². The minimum absolute atomic E-state index is 0.390. The van der Waals surface area contributed by atoms with Crippen molar-refractivity contribution in [1.82, 2.24) is 10.2 Å². The monoisotopic (exact) mass is 373 g/mol. The van der Waals surface area contributed by atoms with E-state index in [-0.39, 0.29) is 0 Å². The van der Waals surface area contributed by atoms with Crippen LogP contribution in [0.1, 0.15) is 51.0 Å². The van der Waals surface area contributed by atoms with Gasteiger partial charge in [0.1, 0.15) is 5.75 Å². The molecule has 2 fully saturated rings. The zero-order valence-electron chi connectivity index (χ0n) is 17.0. The zero-order valence-corrected chi connectivity index (χ0v) is 17.0. The molecule has 0 aromatic heterocycles. The van der Waals surface area contributed by atoms with Gasteiger partial charge in [-0.2, -0.15) is 0 Å². The first-order valence-electron chi connectivity index (χ1n) is 10.6. The van der Waals surface area contributed by atoms with Crippen molar-refractivity contribution >= 4 is 5.96 Å². The average molecular weight is 374 g/mol. The summed E-state index contributed by atoms with van der Waals surface area (Å²) in [4.78, 5) is 6.81.